The lowest BCUT2D eigenvalue weighted by Crippen LogP contribution is -2.24. The van der Waals surface area contributed by atoms with Crippen LogP contribution in [0.25, 0.3) is 0 Å². The van der Waals surface area contributed by atoms with Crippen molar-refractivity contribution in [3.63, 3.8) is 0 Å². The number of aliphatic hydroxyl groups is 1. The summed E-state index contributed by atoms with van der Waals surface area (Å²) in [5.74, 6) is -1.43. The molecule has 0 spiro atoms. The van der Waals surface area contributed by atoms with Gasteiger partial charge in [0.15, 0.2) is 0 Å². The molecule has 29 heavy (non-hydrogen) atoms. The quantitative estimate of drug-likeness (QED) is 0.168. The number of carbonyl (C=O) groups excluding carboxylic acids is 1. The second kappa shape index (κ2) is 20.2. The molecule has 0 saturated heterocycles. The minimum atomic E-state index is -0.949. The van der Waals surface area contributed by atoms with Gasteiger partial charge in [0, 0.05) is 0 Å². The lowest BCUT2D eigenvalue weighted by Gasteiger charge is -2.17. The number of hydrogen-bond acceptors (Lipinski definition) is 4. The first kappa shape index (κ1) is 27.9. The van der Waals surface area contributed by atoms with E-state index in [2.05, 4.69) is 13.8 Å². The molecule has 0 bridgehead atoms. The molecule has 0 radical (unpaired) electrons. The maximum atomic E-state index is 12.1. The summed E-state index contributed by atoms with van der Waals surface area (Å²) in [4.78, 5) is 23.1. The molecule has 0 amide bonds. The summed E-state index contributed by atoms with van der Waals surface area (Å²) in [6.07, 6.45) is 16.0. The van der Waals surface area contributed by atoms with E-state index in [0.717, 1.165) is 38.5 Å². The standard InChI is InChI=1S/C24H46O5/c1-3-5-7-9-10-11-12-14-16-18-22(20-23(26)27)29-24(28)19-21(25)17-15-13-8-6-4-2/h21-22,25H,3-20H2,1-2H3,(H,26,27). The molecule has 2 atom stereocenters. The number of unbranched alkanes of at least 4 members (excludes halogenated alkanes) is 12. The Morgan fingerprint density at radius 1 is 0.690 bits per heavy atom. The maximum absolute atomic E-state index is 12.1. The van der Waals surface area contributed by atoms with Gasteiger partial charge in [-0.2, -0.15) is 0 Å². The van der Waals surface area contributed by atoms with Crippen LogP contribution in [0.2, 0.25) is 0 Å². The third-order valence-corrected chi connectivity index (χ3v) is 5.37. The van der Waals surface area contributed by atoms with Crippen LogP contribution in [0, 0.1) is 0 Å². The Morgan fingerprint density at radius 3 is 1.62 bits per heavy atom. The highest BCUT2D eigenvalue weighted by atomic mass is 16.5. The minimum Gasteiger partial charge on any atom is -0.481 e. The van der Waals surface area contributed by atoms with Crippen molar-refractivity contribution < 1.29 is 24.5 Å². The van der Waals surface area contributed by atoms with Crippen molar-refractivity contribution in [2.45, 2.75) is 142 Å². The van der Waals surface area contributed by atoms with E-state index in [9.17, 15) is 14.7 Å². The molecule has 5 heteroatoms. The molecular formula is C24H46O5. The molecule has 0 rings (SSSR count). The van der Waals surface area contributed by atoms with E-state index >= 15 is 0 Å². The molecule has 0 aromatic carbocycles. The molecular weight excluding hydrogens is 368 g/mol. The Bertz CT molecular complexity index is 397. The normalized spacial score (nSPS) is 13.2. The van der Waals surface area contributed by atoms with Crippen LogP contribution in [-0.2, 0) is 14.3 Å². The Balaban J connectivity index is 3.95. The fourth-order valence-electron chi connectivity index (χ4n) is 3.59. The second-order valence-corrected chi connectivity index (χ2v) is 8.39. The van der Waals surface area contributed by atoms with E-state index in [1.54, 1.807) is 0 Å². The summed E-state index contributed by atoms with van der Waals surface area (Å²) in [5.41, 5.74) is 0. The number of hydrogen-bond donors (Lipinski definition) is 2. The first-order valence-corrected chi connectivity index (χ1v) is 12.1. The number of carboxylic acid groups (broad SMARTS) is 1. The van der Waals surface area contributed by atoms with Crippen LogP contribution in [0.3, 0.4) is 0 Å². The topological polar surface area (TPSA) is 83.8 Å². The molecule has 0 saturated carbocycles. The number of carboxylic acids is 1. The highest BCUT2D eigenvalue weighted by Gasteiger charge is 2.20. The van der Waals surface area contributed by atoms with Crippen LogP contribution in [-0.4, -0.2) is 34.4 Å². The molecule has 172 valence electrons. The summed E-state index contributed by atoms with van der Waals surface area (Å²) in [7, 11) is 0. The summed E-state index contributed by atoms with van der Waals surface area (Å²) >= 11 is 0. The van der Waals surface area contributed by atoms with Crippen molar-refractivity contribution in [2.75, 3.05) is 0 Å². The maximum Gasteiger partial charge on any atom is 0.308 e. The Kier molecular flexibility index (Phi) is 19.4. The van der Waals surface area contributed by atoms with Gasteiger partial charge in [-0.1, -0.05) is 97.3 Å². The summed E-state index contributed by atoms with van der Waals surface area (Å²) in [6, 6.07) is 0. The third-order valence-electron chi connectivity index (χ3n) is 5.37. The van der Waals surface area contributed by atoms with Crippen LogP contribution < -0.4 is 0 Å². The van der Waals surface area contributed by atoms with Crippen LogP contribution in [0.1, 0.15) is 129 Å². The van der Waals surface area contributed by atoms with Crippen molar-refractivity contribution in [2.24, 2.45) is 0 Å². The van der Waals surface area contributed by atoms with Gasteiger partial charge in [-0.25, -0.2) is 0 Å². The van der Waals surface area contributed by atoms with Gasteiger partial charge in [-0.3, -0.25) is 9.59 Å². The van der Waals surface area contributed by atoms with Gasteiger partial charge in [0.2, 0.25) is 0 Å². The Morgan fingerprint density at radius 2 is 1.14 bits per heavy atom. The number of carbonyl (C=O) groups is 2. The average Bonchev–Trinajstić information content (AvgIpc) is 2.65. The van der Waals surface area contributed by atoms with E-state index in [1.165, 1.54) is 51.4 Å². The SMILES string of the molecule is CCCCCCCCCCCC(CC(=O)O)OC(=O)CC(O)CCCCCCC. The zero-order valence-corrected chi connectivity index (χ0v) is 19.0. The molecule has 0 aliphatic carbocycles. The molecule has 2 N–H and O–H groups in total. The second-order valence-electron chi connectivity index (χ2n) is 8.39. The van der Waals surface area contributed by atoms with Crippen LogP contribution >= 0.6 is 0 Å². The van der Waals surface area contributed by atoms with E-state index in [-0.39, 0.29) is 12.8 Å². The zero-order valence-electron chi connectivity index (χ0n) is 19.0. The molecule has 0 fully saturated rings. The molecule has 5 nitrogen and oxygen atoms in total. The van der Waals surface area contributed by atoms with Crippen molar-refractivity contribution in [1.29, 1.82) is 0 Å². The monoisotopic (exact) mass is 414 g/mol. The first-order chi connectivity index (χ1) is 14.0. The van der Waals surface area contributed by atoms with E-state index < -0.39 is 24.1 Å². The van der Waals surface area contributed by atoms with Crippen molar-refractivity contribution in [1.82, 2.24) is 0 Å². The van der Waals surface area contributed by atoms with E-state index in [0.29, 0.717) is 12.8 Å². The van der Waals surface area contributed by atoms with Gasteiger partial charge in [-0.15, -0.1) is 0 Å². The average molecular weight is 415 g/mol. The van der Waals surface area contributed by atoms with Gasteiger partial charge >= 0.3 is 11.9 Å². The van der Waals surface area contributed by atoms with Gasteiger partial charge in [0.1, 0.15) is 6.10 Å². The van der Waals surface area contributed by atoms with Gasteiger partial charge in [-0.05, 0) is 19.3 Å². The Labute approximate surface area is 178 Å². The van der Waals surface area contributed by atoms with Crippen LogP contribution in [0.4, 0.5) is 0 Å². The molecule has 0 aromatic heterocycles. The first-order valence-electron chi connectivity index (χ1n) is 12.1. The fraction of sp³-hybridized carbons (Fsp3) is 0.917. The van der Waals surface area contributed by atoms with Crippen molar-refractivity contribution >= 4 is 11.9 Å². The largest absolute Gasteiger partial charge is 0.481 e. The molecule has 0 aromatic rings. The van der Waals surface area contributed by atoms with Crippen molar-refractivity contribution in [3.8, 4) is 0 Å². The van der Waals surface area contributed by atoms with Gasteiger partial charge < -0.3 is 14.9 Å². The molecule has 0 aliphatic heterocycles. The zero-order chi connectivity index (χ0) is 21.7. The molecule has 0 heterocycles. The van der Waals surface area contributed by atoms with Crippen LogP contribution in [0.15, 0.2) is 0 Å². The number of aliphatic carboxylic acids is 1. The third kappa shape index (κ3) is 20.0. The lowest BCUT2D eigenvalue weighted by atomic mass is 10.0. The van der Waals surface area contributed by atoms with E-state index in [4.69, 9.17) is 9.84 Å². The summed E-state index contributed by atoms with van der Waals surface area (Å²) in [6.45, 7) is 4.38. The predicted octanol–water partition coefficient (Wildman–Crippen LogP) is 6.41. The number of ether oxygens (including phenoxy) is 1. The molecule has 0 aliphatic rings. The summed E-state index contributed by atoms with van der Waals surface area (Å²) < 4.78 is 5.37. The fourth-order valence-corrected chi connectivity index (χ4v) is 3.59. The number of aliphatic hydroxyl groups excluding tert-OH is 1. The predicted molar refractivity (Wildman–Crippen MR) is 118 cm³/mol. The lowest BCUT2D eigenvalue weighted by molar-refractivity contribution is -0.155. The molecule has 2 unspecified atom stereocenters. The van der Waals surface area contributed by atoms with Gasteiger partial charge in [0.05, 0.1) is 18.9 Å². The van der Waals surface area contributed by atoms with Gasteiger partial charge in [0.25, 0.3) is 0 Å². The number of esters is 1. The van der Waals surface area contributed by atoms with Crippen LogP contribution in [0.5, 0.6) is 0 Å². The highest BCUT2D eigenvalue weighted by Crippen LogP contribution is 2.16. The van der Waals surface area contributed by atoms with Crippen molar-refractivity contribution in [3.05, 3.63) is 0 Å². The smallest absolute Gasteiger partial charge is 0.308 e. The Hall–Kier alpha value is -1.10. The minimum absolute atomic E-state index is 0.0400. The highest BCUT2D eigenvalue weighted by molar-refractivity contribution is 5.71. The summed E-state index contributed by atoms with van der Waals surface area (Å²) in [5, 5.41) is 19.1. The number of rotatable bonds is 21. The van der Waals surface area contributed by atoms with E-state index in [1.807, 2.05) is 0 Å².